The number of nitrogens with two attached hydrogens (primary N) is 1. The first-order valence-electron chi connectivity index (χ1n) is 7.17. The zero-order valence-corrected chi connectivity index (χ0v) is 13.0. The van der Waals surface area contributed by atoms with Crippen LogP contribution in [0.25, 0.3) is 11.0 Å². The van der Waals surface area contributed by atoms with Gasteiger partial charge in [-0.3, -0.25) is 9.97 Å². The third kappa shape index (κ3) is 2.98. The topological polar surface area (TPSA) is 76.7 Å². The summed E-state index contributed by atoms with van der Waals surface area (Å²) in [4.78, 5) is 13.0. The second-order valence-electron chi connectivity index (χ2n) is 6.34. The van der Waals surface area contributed by atoms with Crippen LogP contribution in [-0.4, -0.2) is 15.0 Å². The van der Waals surface area contributed by atoms with Crippen LogP contribution in [-0.2, 0) is 5.41 Å². The average molecular weight is 293 g/mol. The van der Waals surface area contributed by atoms with Gasteiger partial charge in [-0.2, -0.15) is 0 Å². The predicted molar refractivity (Wildman–Crippen MR) is 90.2 cm³/mol. The van der Waals surface area contributed by atoms with Crippen LogP contribution in [0.15, 0.2) is 42.9 Å². The first kappa shape index (κ1) is 14.3. The van der Waals surface area contributed by atoms with E-state index >= 15 is 0 Å². The minimum Gasteiger partial charge on any atom is -0.384 e. The zero-order chi connectivity index (χ0) is 15.7. The standard InChI is InChI=1S/C17H19N5/c1-17(2,3)11-6-12(9-19-8-11)21-13-7-15-14(20-10-13)4-5-16(18)22-15/h4-10,21H,1-3H3,(H2,18,22). The molecule has 3 aromatic rings. The maximum atomic E-state index is 5.72. The van der Waals surface area contributed by atoms with Gasteiger partial charge in [0, 0.05) is 6.20 Å². The number of nitrogen functional groups attached to an aromatic ring is 1. The molecule has 0 aliphatic rings. The summed E-state index contributed by atoms with van der Waals surface area (Å²) in [6.07, 6.45) is 5.47. The fraction of sp³-hybridized carbons (Fsp3) is 0.235. The quantitative estimate of drug-likeness (QED) is 0.754. The lowest BCUT2D eigenvalue weighted by Crippen LogP contribution is -2.11. The Balaban J connectivity index is 1.93. The summed E-state index contributed by atoms with van der Waals surface area (Å²) in [5.41, 5.74) is 10.3. The van der Waals surface area contributed by atoms with Gasteiger partial charge in [-0.05, 0) is 35.2 Å². The van der Waals surface area contributed by atoms with E-state index in [2.05, 4.69) is 47.1 Å². The summed E-state index contributed by atoms with van der Waals surface area (Å²) < 4.78 is 0. The fourth-order valence-electron chi connectivity index (χ4n) is 2.18. The maximum Gasteiger partial charge on any atom is 0.124 e. The van der Waals surface area contributed by atoms with Crippen molar-refractivity contribution < 1.29 is 0 Å². The predicted octanol–water partition coefficient (Wildman–Crippen LogP) is 3.65. The molecule has 0 atom stereocenters. The zero-order valence-electron chi connectivity index (χ0n) is 13.0. The van der Waals surface area contributed by atoms with Gasteiger partial charge in [-0.25, -0.2) is 4.98 Å². The van der Waals surface area contributed by atoms with Gasteiger partial charge in [0.2, 0.25) is 0 Å². The van der Waals surface area contributed by atoms with Gasteiger partial charge in [-0.1, -0.05) is 20.8 Å². The van der Waals surface area contributed by atoms with Crippen LogP contribution in [0.3, 0.4) is 0 Å². The third-order valence-corrected chi connectivity index (χ3v) is 3.45. The summed E-state index contributed by atoms with van der Waals surface area (Å²) in [7, 11) is 0. The number of nitrogens with zero attached hydrogens (tertiary/aromatic N) is 3. The van der Waals surface area contributed by atoms with Gasteiger partial charge in [0.25, 0.3) is 0 Å². The highest BCUT2D eigenvalue weighted by Gasteiger charge is 2.14. The second-order valence-corrected chi connectivity index (χ2v) is 6.34. The Labute approximate surface area is 129 Å². The van der Waals surface area contributed by atoms with Crippen molar-refractivity contribution in [2.75, 3.05) is 11.1 Å². The van der Waals surface area contributed by atoms with Crippen molar-refractivity contribution in [3.8, 4) is 0 Å². The molecule has 0 unspecified atom stereocenters. The molecule has 112 valence electrons. The van der Waals surface area contributed by atoms with Gasteiger partial charge in [0.05, 0.1) is 34.8 Å². The van der Waals surface area contributed by atoms with Gasteiger partial charge < -0.3 is 11.1 Å². The van der Waals surface area contributed by atoms with Crippen molar-refractivity contribution in [3.05, 3.63) is 48.4 Å². The molecule has 0 aliphatic heterocycles. The summed E-state index contributed by atoms with van der Waals surface area (Å²) in [5.74, 6) is 0.489. The summed E-state index contributed by atoms with van der Waals surface area (Å²) in [6, 6.07) is 7.65. The van der Waals surface area contributed by atoms with Gasteiger partial charge in [0.15, 0.2) is 0 Å². The molecule has 3 N–H and O–H groups in total. The minimum absolute atomic E-state index is 0.0579. The molecular formula is C17H19N5. The highest BCUT2D eigenvalue weighted by Crippen LogP contribution is 2.25. The molecule has 3 heterocycles. The number of rotatable bonds is 2. The molecule has 5 nitrogen and oxygen atoms in total. The first-order chi connectivity index (χ1) is 10.4. The Kier molecular flexibility index (Phi) is 3.41. The maximum absolute atomic E-state index is 5.72. The molecule has 0 bridgehead atoms. The number of pyridine rings is 3. The smallest absolute Gasteiger partial charge is 0.124 e. The van der Waals surface area contributed by atoms with E-state index in [1.54, 1.807) is 18.5 Å². The van der Waals surface area contributed by atoms with E-state index in [0.29, 0.717) is 5.82 Å². The lowest BCUT2D eigenvalue weighted by molar-refractivity contribution is 0.588. The molecule has 0 saturated carbocycles. The van der Waals surface area contributed by atoms with Crippen LogP contribution in [0, 0.1) is 0 Å². The van der Waals surface area contributed by atoms with Gasteiger partial charge >= 0.3 is 0 Å². The van der Waals surface area contributed by atoms with E-state index in [4.69, 9.17) is 5.73 Å². The summed E-state index contributed by atoms with van der Waals surface area (Å²) >= 11 is 0. The summed E-state index contributed by atoms with van der Waals surface area (Å²) in [6.45, 7) is 6.49. The first-order valence-corrected chi connectivity index (χ1v) is 7.17. The van der Waals surface area contributed by atoms with Crippen LogP contribution < -0.4 is 11.1 Å². The number of hydrogen-bond donors (Lipinski definition) is 2. The van der Waals surface area contributed by atoms with Crippen LogP contribution in [0.2, 0.25) is 0 Å². The van der Waals surface area contributed by atoms with Crippen LogP contribution in [0.1, 0.15) is 26.3 Å². The summed E-state index contributed by atoms with van der Waals surface area (Å²) in [5, 5.41) is 3.32. The van der Waals surface area contributed by atoms with E-state index in [-0.39, 0.29) is 5.41 Å². The number of anilines is 3. The lowest BCUT2D eigenvalue weighted by atomic mass is 9.88. The van der Waals surface area contributed by atoms with E-state index in [9.17, 15) is 0 Å². The largest absolute Gasteiger partial charge is 0.384 e. The molecule has 3 rings (SSSR count). The molecule has 0 aromatic carbocycles. The third-order valence-electron chi connectivity index (χ3n) is 3.45. The highest BCUT2D eigenvalue weighted by molar-refractivity contribution is 5.80. The monoisotopic (exact) mass is 293 g/mol. The average Bonchev–Trinajstić information content (AvgIpc) is 2.46. The number of aromatic nitrogens is 3. The van der Waals surface area contributed by atoms with Crippen molar-refractivity contribution >= 4 is 28.2 Å². The Hall–Kier alpha value is -2.69. The molecule has 0 fully saturated rings. The minimum atomic E-state index is 0.0579. The molecule has 0 spiro atoms. The van der Waals surface area contributed by atoms with E-state index < -0.39 is 0 Å². The van der Waals surface area contributed by atoms with Crippen molar-refractivity contribution in [2.24, 2.45) is 0 Å². The number of nitrogens with one attached hydrogen (secondary N) is 1. The van der Waals surface area contributed by atoms with E-state index in [1.165, 1.54) is 5.56 Å². The molecule has 0 amide bonds. The molecule has 0 aliphatic carbocycles. The Morgan fingerprint density at radius 2 is 1.73 bits per heavy atom. The van der Waals surface area contributed by atoms with Crippen LogP contribution >= 0.6 is 0 Å². The SMILES string of the molecule is CC(C)(C)c1cncc(Nc2cnc3ccc(N)nc3c2)c1. The Morgan fingerprint density at radius 1 is 0.955 bits per heavy atom. The van der Waals surface area contributed by atoms with Crippen molar-refractivity contribution in [1.82, 2.24) is 15.0 Å². The van der Waals surface area contributed by atoms with E-state index in [1.807, 2.05) is 18.3 Å². The van der Waals surface area contributed by atoms with Crippen molar-refractivity contribution in [2.45, 2.75) is 26.2 Å². The van der Waals surface area contributed by atoms with Gasteiger partial charge in [-0.15, -0.1) is 0 Å². The number of hydrogen-bond acceptors (Lipinski definition) is 5. The Morgan fingerprint density at radius 3 is 2.50 bits per heavy atom. The van der Waals surface area contributed by atoms with Crippen LogP contribution in [0.4, 0.5) is 17.2 Å². The molecule has 0 radical (unpaired) electrons. The van der Waals surface area contributed by atoms with Gasteiger partial charge in [0.1, 0.15) is 5.82 Å². The number of fused-ring (bicyclic) bond motifs is 1. The second kappa shape index (κ2) is 5.26. The molecule has 0 saturated heterocycles. The lowest BCUT2D eigenvalue weighted by Gasteiger charge is -2.19. The molecule has 3 aromatic heterocycles. The molecular weight excluding hydrogens is 274 g/mol. The van der Waals surface area contributed by atoms with Crippen molar-refractivity contribution in [1.29, 1.82) is 0 Å². The fourth-order valence-corrected chi connectivity index (χ4v) is 2.18. The van der Waals surface area contributed by atoms with Crippen molar-refractivity contribution in [3.63, 3.8) is 0 Å². The molecule has 5 heteroatoms. The van der Waals surface area contributed by atoms with E-state index in [0.717, 1.165) is 22.4 Å². The van der Waals surface area contributed by atoms with Crippen LogP contribution in [0.5, 0.6) is 0 Å². The normalized spacial score (nSPS) is 11.6. The highest BCUT2D eigenvalue weighted by atomic mass is 14.9. The Bertz CT molecular complexity index is 821. The molecule has 22 heavy (non-hydrogen) atoms.